The Labute approximate surface area is 90.9 Å². The summed E-state index contributed by atoms with van der Waals surface area (Å²) in [5.41, 5.74) is 0. The number of hydrogen-bond donors (Lipinski definition) is 1. The summed E-state index contributed by atoms with van der Waals surface area (Å²) in [6.07, 6.45) is 1.80. The molecule has 0 radical (unpaired) electrons. The van der Waals surface area contributed by atoms with Gasteiger partial charge in [0.15, 0.2) is 0 Å². The standard InChI is InChI=1S/C11H20N2O2/c1-8(2)10-5-11(14)13(15-10)7-9-3-4-12-6-9/h8-10,12H,3-7H2,1-2H3. The number of nitrogens with one attached hydrogen (secondary N) is 1. The average Bonchev–Trinajstić information content (AvgIpc) is 2.77. The first-order chi connectivity index (χ1) is 7.16. The van der Waals surface area contributed by atoms with E-state index in [1.165, 1.54) is 0 Å². The van der Waals surface area contributed by atoms with Crippen molar-refractivity contribution in [3.05, 3.63) is 0 Å². The van der Waals surface area contributed by atoms with Crippen molar-refractivity contribution in [2.75, 3.05) is 19.6 Å². The zero-order valence-electron chi connectivity index (χ0n) is 9.53. The lowest BCUT2D eigenvalue weighted by atomic mass is 10.1. The fourth-order valence-corrected chi connectivity index (χ4v) is 2.14. The van der Waals surface area contributed by atoms with Crippen molar-refractivity contribution in [3.8, 4) is 0 Å². The van der Waals surface area contributed by atoms with E-state index in [2.05, 4.69) is 19.2 Å². The summed E-state index contributed by atoms with van der Waals surface area (Å²) in [5, 5.41) is 4.89. The molecule has 2 aliphatic rings. The molecule has 2 fully saturated rings. The second kappa shape index (κ2) is 4.49. The third-order valence-electron chi connectivity index (χ3n) is 3.25. The molecule has 0 aromatic carbocycles. The largest absolute Gasteiger partial charge is 0.316 e. The average molecular weight is 212 g/mol. The lowest BCUT2D eigenvalue weighted by Gasteiger charge is -2.20. The maximum Gasteiger partial charge on any atom is 0.248 e. The monoisotopic (exact) mass is 212 g/mol. The van der Waals surface area contributed by atoms with Gasteiger partial charge in [0.1, 0.15) is 0 Å². The van der Waals surface area contributed by atoms with E-state index >= 15 is 0 Å². The van der Waals surface area contributed by atoms with Crippen LogP contribution in [0.3, 0.4) is 0 Å². The third-order valence-corrected chi connectivity index (χ3v) is 3.25. The highest BCUT2D eigenvalue weighted by Gasteiger charge is 2.34. The van der Waals surface area contributed by atoms with Gasteiger partial charge in [0, 0.05) is 0 Å². The van der Waals surface area contributed by atoms with Gasteiger partial charge in [0.2, 0.25) is 5.91 Å². The first-order valence-corrected chi connectivity index (χ1v) is 5.84. The van der Waals surface area contributed by atoms with Crippen LogP contribution in [0.25, 0.3) is 0 Å². The van der Waals surface area contributed by atoms with Crippen LogP contribution >= 0.6 is 0 Å². The predicted octanol–water partition coefficient (Wildman–Crippen LogP) is 0.784. The van der Waals surface area contributed by atoms with Crippen LogP contribution in [0.4, 0.5) is 0 Å². The Morgan fingerprint density at radius 1 is 1.60 bits per heavy atom. The lowest BCUT2D eigenvalue weighted by Crippen LogP contribution is -2.31. The van der Waals surface area contributed by atoms with Gasteiger partial charge in [-0.3, -0.25) is 9.63 Å². The second-order valence-electron chi connectivity index (χ2n) is 4.91. The summed E-state index contributed by atoms with van der Waals surface area (Å²) >= 11 is 0. The van der Waals surface area contributed by atoms with E-state index in [1.807, 2.05) is 0 Å². The molecule has 0 spiro atoms. The molecule has 0 bridgehead atoms. The van der Waals surface area contributed by atoms with E-state index in [-0.39, 0.29) is 12.0 Å². The highest BCUT2D eigenvalue weighted by atomic mass is 16.7. The van der Waals surface area contributed by atoms with Crippen molar-refractivity contribution >= 4 is 5.91 Å². The van der Waals surface area contributed by atoms with Gasteiger partial charge in [-0.1, -0.05) is 13.8 Å². The molecule has 2 saturated heterocycles. The first kappa shape index (κ1) is 10.9. The molecule has 2 atom stereocenters. The van der Waals surface area contributed by atoms with Gasteiger partial charge < -0.3 is 5.32 Å². The number of nitrogens with zero attached hydrogens (tertiary/aromatic N) is 1. The van der Waals surface area contributed by atoms with E-state index in [1.54, 1.807) is 5.06 Å². The Bertz CT molecular complexity index is 237. The lowest BCUT2D eigenvalue weighted by molar-refractivity contribution is -0.180. The minimum Gasteiger partial charge on any atom is -0.316 e. The zero-order chi connectivity index (χ0) is 10.8. The number of rotatable bonds is 3. The van der Waals surface area contributed by atoms with E-state index in [0.29, 0.717) is 18.3 Å². The summed E-state index contributed by atoms with van der Waals surface area (Å²) in [5.74, 6) is 1.14. The summed E-state index contributed by atoms with van der Waals surface area (Å²) < 4.78 is 0. The smallest absolute Gasteiger partial charge is 0.248 e. The van der Waals surface area contributed by atoms with E-state index in [9.17, 15) is 4.79 Å². The number of amides is 1. The molecule has 0 aromatic heterocycles. The van der Waals surface area contributed by atoms with Gasteiger partial charge >= 0.3 is 0 Å². The fraction of sp³-hybridized carbons (Fsp3) is 0.909. The molecule has 86 valence electrons. The third kappa shape index (κ3) is 2.49. The molecule has 0 aliphatic carbocycles. The van der Waals surface area contributed by atoms with Crippen molar-refractivity contribution in [1.82, 2.24) is 10.4 Å². The number of carbonyl (C=O) groups excluding carboxylic acids is 1. The van der Waals surface area contributed by atoms with Gasteiger partial charge in [-0.25, -0.2) is 5.06 Å². The first-order valence-electron chi connectivity index (χ1n) is 5.84. The molecular formula is C11H20N2O2. The minimum atomic E-state index is 0.0897. The Morgan fingerprint density at radius 2 is 2.40 bits per heavy atom. The normalized spacial score (nSPS) is 31.9. The summed E-state index contributed by atoms with van der Waals surface area (Å²) in [6.45, 7) is 7.03. The van der Waals surface area contributed by atoms with Crippen LogP contribution in [0, 0.1) is 11.8 Å². The Balaban J connectivity index is 1.85. The van der Waals surface area contributed by atoms with Crippen molar-refractivity contribution in [2.24, 2.45) is 11.8 Å². The van der Waals surface area contributed by atoms with Crippen LogP contribution in [0.2, 0.25) is 0 Å². The van der Waals surface area contributed by atoms with Crippen molar-refractivity contribution in [3.63, 3.8) is 0 Å². The molecule has 2 rings (SSSR count). The zero-order valence-corrected chi connectivity index (χ0v) is 9.53. The molecule has 4 nitrogen and oxygen atoms in total. The van der Waals surface area contributed by atoms with Crippen LogP contribution in [0.15, 0.2) is 0 Å². The van der Waals surface area contributed by atoms with Crippen LogP contribution in [0.1, 0.15) is 26.7 Å². The molecule has 0 saturated carbocycles. The summed E-state index contributed by atoms with van der Waals surface area (Å²) in [7, 11) is 0. The maximum absolute atomic E-state index is 11.7. The fourth-order valence-electron chi connectivity index (χ4n) is 2.14. The van der Waals surface area contributed by atoms with Gasteiger partial charge in [-0.15, -0.1) is 0 Å². The molecule has 4 heteroatoms. The topological polar surface area (TPSA) is 41.6 Å². The number of hydroxylamine groups is 2. The van der Waals surface area contributed by atoms with Gasteiger partial charge in [-0.2, -0.15) is 0 Å². The Hall–Kier alpha value is -0.610. The molecule has 2 aliphatic heterocycles. The van der Waals surface area contributed by atoms with Gasteiger partial charge in [0.25, 0.3) is 0 Å². The number of hydrogen-bond acceptors (Lipinski definition) is 3. The van der Waals surface area contributed by atoms with Crippen molar-refractivity contribution < 1.29 is 9.63 Å². The number of carbonyl (C=O) groups is 1. The molecule has 0 aromatic rings. The quantitative estimate of drug-likeness (QED) is 0.752. The van der Waals surface area contributed by atoms with E-state index in [4.69, 9.17) is 4.84 Å². The van der Waals surface area contributed by atoms with Crippen LogP contribution < -0.4 is 5.32 Å². The van der Waals surface area contributed by atoms with Crippen molar-refractivity contribution in [1.29, 1.82) is 0 Å². The highest BCUT2D eigenvalue weighted by Crippen LogP contribution is 2.23. The summed E-state index contributed by atoms with van der Waals surface area (Å²) in [4.78, 5) is 17.3. The molecule has 2 heterocycles. The van der Waals surface area contributed by atoms with Crippen LogP contribution in [0.5, 0.6) is 0 Å². The maximum atomic E-state index is 11.7. The summed E-state index contributed by atoms with van der Waals surface area (Å²) in [6, 6.07) is 0. The molecule has 2 unspecified atom stereocenters. The molecule has 15 heavy (non-hydrogen) atoms. The van der Waals surface area contributed by atoms with Gasteiger partial charge in [-0.05, 0) is 31.3 Å². The SMILES string of the molecule is CC(C)C1CC(=O)N(CC2CCNC2)O1. The molecular weight excluding hydrogens is 192 g/mol. The minimum absolute atomic E-state index is 0.0897. The molecule has 1 amide bonds. The highest BCUT2D eigenvalue weighted by molar-refractivity contribution is 5.77. The van der Waals surface area contributed by atoms with Crippen LogP contribution in [-0.2, 0) is 9.63 Å². The Morgan fingerprint density at radius 3 is 2.93 bits per heavy atom. The van der Waals surface area contributed by atoms with E-state index < -0.39 is 0 Å². The van der Waals surface area contributed by atoms with Crippen LogP contribution in [-0.4, -0.2) is 36.7 Å². The molecule has 1 N–H and O–H groups in total. The van der Waals surface area contributed by atoms with Crippen molar-refractivity contribution in [2.45, 2.75) is 32.8 Å². The Kier molecular flexibility index (Phi) is 3.26. The van der Waals surface area contributed by atoms with Gasteiger partial charge in [0.05, 0.1) is 19.1 Å². The second-order valence-corrected chi connectivity index (χ2v) is 4.91. The predicted molar refractivity (Wildman–Crippen MR) is 57.0 cm³/mol. The van der Waals surface area contributed by atoms with E-state index in [0.717, 1.165) is 26.1 Å².